The highest BCUT2D eigenvalue weighted by Gasteiger charge is 2.44. The zero-order valence-corrected chi connectivity index (χ0v) is 18.3. The summed E-state index contributed by atoms with van der Waals surface area (Å²) in [5.41, 5.74) is 4.09. The molecule has 1 heterocycles. The summed E-state index contributed by atoms with van der Waals surface area (Å²) in [6.45, 7) is 0.992. The molecule has 0 aromatic heterocycles. The SMILES string of the molecule is COc1cc(OC(F)(F)F)c([C@@H]2O[C@H](CO)[C@@H](O)[C@H](C)[C@H]2O)cc1Cc1ccc2c(c1)CC2. The van der Waals surface area contributed by atoms with Crippen LogP contribution >= 0.6 is 0 Å². The van der Waals surface area contributed by atoms with Gasteiger partial charge < -0.3 is 29.5 Å². The van der Waals surface area contributed by atoms with Gasteiger partial charge in [0.1, 0.15) is 23.7 Å². The van der Waals surface area contributed by atoms with Gasteiger partial charge in [0.05, 0.1) is 25.9 Å². The van der Waals surface area contributed by atoms with Crippen molar-refractivity contribution in [2.45, 2.75) is 57.0 Å². The quantitative estimate of drug-likeness (QED) is 0.604. The minimum Gasteiger partial charge on any atom is -0.496 e. The van der Waals surface area contributed by atoms with Crippen molar-refractivity contribution in [3.05, 3.63) is 58.1 Å². The molecule has 1 saturated heterocycles. The summed E-state index contributed by atoms with van der Waals surface area (Å²) in [5, 5.41) is 30.6. The highest BCUT2D eigenvalue weighted by molar-refractivity contribution is 5.51. The lowest BCUT2D eigenvalue weighted by atomic mass is 9.83. The number of hydrogen-bond donors (Lipinski definition) is 3. The monoisotopic (exact) mass is 468 g/mol. The summed E-state index contributed by atoms with van der Waals surface area (Å²) in [6.07, 6.45) is -7.37. The van der Waals surface area contributed by atoms with Crippen LogP contribution in [0.4, 0.5) is 13.2 Å². The maximum absolute atomic E-state index is 13.2. The summed E-state index contributed by atoms with van der Waals surface area (Å²) in [7, 11) is 1.36. The molecule has 33 heavy (non-hydrogen) atoms. The van der Waals surface area contributed by atoms with Crippen molar-refractivity contribution in [2.24, 2.45) is 5.92 Å². The van der Waals surface area contributed by atoms with E-state index < -0.39 is 49.1 Å². The van der Waals surface area contributed by atoms with Gasteiger partial charge in [-0.1, -0.05) is 25.1 Å². The largest absolute Gasteiger partial charge is 0.573 e. The Morgan fingerprint density at radius 1 is 1.03 bits per heavy atom. The molecule has 0 spiro atoms. The summed E-state index contributed by atoms with van der Waals surface area (Å²) in [6, 6.07) is 8.71. The van der Waals surface area contributed by atoms with E-state index in [0.717, 1.165) is 24.5 Å². The lowest BCUT2D eigenvalue weighted by Gasteiger charge is -2.41. The lowest BCUT2D eigenvalue weighted by molar-refractivity contribution is -0.276. The fourth-order valence-electron chi connectivity index (χ4n) is 4.54. The predicted molar refractivity (Wildman–Crippen MR) is 112 cm³/mol. The Hall–Kier alpha value is -2.33. The van der Waals surface area contributed by atoms with Crippen LogP contribution in [-0.4, -0.2) is 53.7 Å². The number of halogens is 3. The lowest BCUT2D eigenvalue weighted by Crippen LogP contribution is -2.50. The smallest absolute Gasteiger partial charge is 0.496 e. The van der Waals surface area contributed by atoms with Crippen LogP contribution in [0.3, 0.4) is 0 Å². The Morgan fingerprint density at radius 2 is 1.76 bits per heavy atom. The number of methoxy groups -OCH3 is 1. The van der Waals surface area contributed by atoms with Crippen LogP contribution < -0.4 is 9.47 Å². The molecule has 9 heteroatoms. The molecule has 0 amide bonds. The topological polar surface area (TPSA) is 88.4 Å². The van der Waals surface area contributed by atoms with Gasteiger partial charge in [0.2, 0.25) is 0 Å². The van der Waals surface area contributed by atoms with Crippen molar-refractivity contribution >= 4 is 0 Å². The van der Waals surface area contributed by atoms with Crippen LogP contribution in [0, 0.1) is 5.92 Å². The average molecular weight is 468 g/mol. The number of alkyl halides is 3. The van der Waals surface area contributed by atoms with Gasteiger partial charge >= 0.3 is 6.36 Å². The summed E-state index contributed by atoms with van der Waals surface area (Å²) < 4.78 is 54.9. The normalized spacial score (nSPS) is 27.0. The molecule has 2 aromatic carbocycles. The molecular weight excluding hydrogens is 441 g/mol. The highest BCUT2D eigenvalue weighted by Crippen LogP contribution is 2.43. The summed E-state index contributed by atoms with van der Waals surface area (Å²) in [5.74, 6) is -1.11. The molecule has 0 saturated carbocycles. The van der Waals surface area contributed by atoms with E-state index in [0.29, 0.717) is 12.0 Å². The number of rotatable bonds is 6. The first-order valence-electron chi connectivity index (χ1n) is 10.8. The summed E-state index contributed by atoms with van der Waals surface area (Å²) >= 11 is 0. The minimum absolute atomic E-state index is 0.0308. The molecule has 6 nitrogen and oxygen atoms in total. The minimum atomic E-state index is -4.98. The molecule has 1 aliphatic heterocycles. The molecule has 2 aliphatic rings. The van der Waals surface area contributed by atoms with E-state index in [4.69, 9.17) is 9.47 Å². The second kappa shape index (κ2) is 9.13. The highest BCUT2D eigenvalue weighted by atomic mass is 19.4. The fraction of sp³-hybridized carbons (Fsp3) is 0.500. The van der Waals surface area contributed by atoms with Gasteiger partial charge in [-0.2, -0.15) is 0 Å². The molecule has 3 N–H and O–H groups in total. The molecule has 5 atom stereocenters. The number of hydrogen-bond acceptors (Lipinski definition) is 6. The van der Waals surface area contributed by atoms with Crippen molar-refractivity contribution in [3.8, 4) is 11.5 Å². The number of ether oxygens (including phenoxy) is 3. The van der Waals surface area contributed by atoms with E-state index in [1.165, 1.54) is 24.3 Å². The molecule has 0 radical (unpaired) electrons. The number of aliphatic hydroxyl groups is 3. The Kier molecular flexibility index (Phi) is 6.59. The van der Waals surface area contributed by atoms with Crippen molar-refractivity contribution in [1.29, 1.82) is 0 Å². The van der Waals surface area contributed by atoms with Gasteiger partial charge in [-0.15, -0.1) is 13.2 Å². The van der Waals surface area contributed by atoms with Gasteiger partial charge in [-0.05, 0) is 41.2 Å². The van der Waals surface area contributed by atoms with Crippen molar-refractivity contribution in [1.82, 2.24) is 0 Å². The van der Waals surface area contributed by atoms with Crippen LogP contribution in [0.25, 0.3) is 0 Å². The Bertz CT molecular complexity index is 1010. The molecular formula is C24H27F3O6. The van der Waals surface area contributed by atoms with Crippen LogP contribution in [0.2, 0.25) is 0 Å². The first-order valence-corrected chi connectivity index (χ1v) is 10.8. The molecule has 180 valence electrons. The second-order valence-electron chi connectivity index (χ2n) is 8.65. The molecule has 2 aromatic rings. The standard InChI is InChI=1S/C24H27F3O6/c1-12-21(29)20(11-28)32-23(22(12)30)17-9-16(8-13-3-4-14-5-6-15(14)7-13)18(31-2)10-19(17)33-24(25,26)27/h3-4,7,9-10,12,20-23,28-30H,5-6,8,11H2,1-2H3/t12-,20+,21-,22+,23-/m0/s1. The molecule has 0 bridgehead atoms. The Balaban J connectivity index is 1.77. The second-order valence-corrected chi connectivity index (χ2v) is 8.65. The average Bonchev–Trinajstić information content (AvgIpc) is 2.74. The van der Waals surface area contributed by atoms with E-state index in [-0.39, 0.29) is 11.3 Å². The van der Waals surface area contributed by atoms with Crippen LogP contribution in [0.5, 0.6) is 11.5 Å². The number of fused-ring (bicyclic) bond motifs is 1. The predicted octanol–water partition coefficient (Wildman–Crippen LogP) is 3.07. The van der Waals surface area contributed by atoms with Gasteiger partial charge in [0.25, 0.3) is 0 Å². The number of aliphatic hydroxyl groups excluding tert-OH is 3. The first kappa shape index (κ1) is 23.8. The zero-order valence-electron chi connectivity index (χ0n) is 18.3. The molecule has 0 unspecified atom stereocenters. The van der Waals surface area contributed by atoms with Gasteiger partial charge in [0, 0.05) is 24.0 Å². The zero-order chi connectivity index (χ0) is 23.9. The summed E-state index contributed by atoms with van der Waals surface area (Å²) in [4.78, 5) is 0. The van der Waals surface area contributed by atoms with E-state index in [9.17, 15) is 28.5 Å². The third-order valence-electron chi connectivity index (χ3n) is 6.54. The Morgan fingerprint density at radius 3 is 2.33 bits per heavy atom. The van der Waals surface area contributed by atoms with Crippen molar-refractivity contribution < 1.29 is 42.7 Å². The maximum Gasteiger partial charge on any atom is 0.573 e. The van der Waals surface area contributed by atoms with E-state index in [1.807, 2.05) is 12.1 Å². The third-order valence-corrected chi connectivity index (χ3v) is 6.54. The van der Waals surface area contributed by atoms with Crippen molar-refractivity contribution in [2.75, 3.05) is 13.7 Å². The maximum atomic E-state index is 13.2. The fourth-order valence-corrected chi connectivity index (χ4v) is 4.54. The van der Waals surface area contributed by atoms with Crippen LogP contribution in [-0.2, 0) is 24.0 Å². The van der Waals surface area contributed by atoms with Crippen molar-refractivity contribution in [3.63, 3.8) is 0 Å². The van der Waals surface area contributed by atoms with Gasteiger partial charge in [0.15, 0.2) is 0 Å². The molecule has 1 fully saturated rings. The van der Waals surface area contributed by atoms with E-state index in [1.54, 1.807) is 6.92 Å². The third kappa shape index (κ3) is 4.82. The molecule has 1 aliphatic carbocycles. The van der Waals surface area contributed by atoms with Crippen LogP contribution in [0.1, 0.15) is 40.8 Å². The van der Waals surface area contributed by atoms with Crippen LogP contribution in [0.15, 0.2) is 30.3 Å². The van der Waals surface area contributed by atoms with E-state index >= 15 is 0 Å². The Labute approximate surface area is 189 Å². The number of benzene rings is 2. The van der Waals surface area contributed by atoms with Gasteiger partial charge in [-0.3, -0.25) is 0 Å². The number of aryl methyl sites for hydroxylation is 2. The molecule has 4 rings (SSSR count). The van der Waals surface area contributed by atoms with E-state index in [2.05, 4.69) is 10.8 Å². The van der Waals surface area contributed by atoms with Gasteiger partial charge in [-0.25, -0.2) is 0 Å². The first-order chi connectivity index (χ1) is 15.6.